The van der Waals surface area contributed by atoms with Crippen LogP contribution in [0.15, 0.2) is 73.8 Å². The molecule has 2 aromatic carbocycles. The van der Waals surface area contributed by atoms with Crippen molar-refractivity contribution in [3.8, 4) is 0 Å². The first-order valence-corrected chi connectivity index (χ1v) is 18.9. The first-order chi connectivity index (χ1) is 24.6. The second-order valence-electron chi connectivity index (χ2n) is 13.5. The maximum absolute atomic E-state index is 15.0. The molecule has 3 aliphatic rings. The summed E-state index contributed by atoms with van der Waals surface area (Å²) >= 11 is 10.5. The minimum absolute atomic E-state index is 0.0826. The van der Waals surface area contributed by atoms with Crippen molar-refractivity contribution in [3.05, 3.63) is 90.0 Å². The number of hydrogen-bond acceptors (Lipinski definition) is 7. The summed E-state index contributed by atoms with van der Waals surface area (Å²) in [7, 11) is 0. The Morgan fingerprint density at radius 3 is 2.57 bits per heavy atom. The van der Waals surface area contributed by atoms with E-state index in [1.54, 1.807) is 28.0 Å². The van der Waals surface area contributed by atoms with Crippen LogP contribution in [0.5, 0.6) is 0 Å². The van der Waals surface area contributed by atoms with Crippen LogP contribution >= 0.6 is 27.5 Å². The van der Waals surface area contributed by atoms with Crippen molar-refractivity contribution in [3.63, 3.8) is 0 Å². The van der Waals surface area contributed by atoms with Crippen LogP contribution in [0.25, 0.3) is 0 Å². The van der Waals surface area contributed by atoms with Crippen molar-refractivity contribution in [2.24, 2.45) is 11.8 Å². The average Bonchev–Trinajstić information content (AvgIpc) is 3.71. The fourth-order valence-corrected chi connectivity index (χ4v) is 9.14. The van der Waals surface area contributed by atoms with Gasteiger partial charge in [0.05, 0.1) is 34.7 Å². The van der Waals surface area contributed by atoms with Gasteiger partial charge in [0.15, 0.2) is 0 Å². The molecule has 2 aromatic rings. The van der Waals surface area contributed by atoms with E-state index in [0.717, 1.165) is 24.0 Å². The van der Waals surface area contributed by atoms with Gasteiger partial charge in [0, 0.05) is 30.9 Å². The van der Waals surface area contributed by atoms with Crippen molar-refractivity contribution in [1.29, 1.82) is 0 Å². The highest BCUT2D eigenvalue weighted by Crippen LogP contribution is 2.60. The lowest BCUT2D eigenvalue weighted by atomic mass is 9.70. The number of allylic oxidation sites excluding steroid dienone is 1. The number of aliphatic hydroxyl groups is 1. The molecule has 1 spiro atoms. The molecule has 3 saturated heterocycles. The summed E-state index contributed by atoms with van der Waals surface area (Å²) < 4.78 is 12.3. The Morgan fingerprint density at radius 2 is 1.88 bits per heavy atom. The number of likely N-dealkylation sites (tertiary alicyclic amines) is 1. The number of esters is 1. The third-order valence-electron chi connectivity index (χ3n) is 10.2. The van der Waals surface area contributed by atoms with Gasteiger partial charge in [-0.1, -0.05) is 95.0 Å². The van der Waals surface area contributed by atoms with E-state index in [2.05, 4.69) is 34.4 Å². The van der Waals surface area contributed by atoms with Gasteiger partial charge in [-0.05, 0) is 49.8 Å². The van der Waals surface area contributed by atoms with E-state index in [1.807, 2.05) is 49.4 Å². The highest BCUT2D eigenvalue weighted by atomic mass is 79.9. The Morgan fingerprint density at radius 1 is 1.14 bits per heavy atom. The number of benzene rings is 2. The van der Waals surface area contributed by atoms with Crippen LogP contribution < -0.4 is 10.2 Å². The third kappa shape index (κ3) is 7.96. The van der Waals surface area contributed by atoms with Crippen LogP contribution in [0.4, 0.5) is 5.69 Å². The summed E-state index contributed by atoms with van der Waals surface area (Å²) in [4.78, 5) is 59.4. The number of hydrogen-bond donors (Lipinski definition) is 2. The Bertz CT molecular complexity index is 1590. The number of aryl methyl sites for hydroxylation is 1. The van der Waals surface area contributed by atoms with E-state index in [-0.39, 0.29) is 49.4 Å². The highest BCUT2D eigenvalue weighted by molar-refractivity contribution is 9.09. The number of rotatable bonds is 18. The van der Waals surface area contributed by atoms with E-state index < -0.39 is 47.5 Å². The lowest BCUT2D eigenvalue weighted by Gasteiger charge is -2.37. The Balaban J connectivity index is 1.49. The van der Waals surface area contributed by atoms with Crippen molar-refractivity contribution in [2.75, 3.05) is 31.2 Å². The molecule has 2 N–H and O–H groups in total. The van der Waals surface area contributed by atoms with Gasteiger partial charge in [-0.3, -0.25) is 19.2 Å². The number of unbranched alkanes of at least 4 members (excludes halogenated alkanes) is 3. The maximum Gasteiger partial charge on any atom is 0.306 e. The number of nitrogens with one attached hydrogen (secondary N) is 1. The number of fused-ring (bicyclic) bond motifs is 1. The quantitative estimate of drug-likeness (QED) is 0.0844. The molecule has 3 fully saturated rings. The zero-order valence-electron chi connectivity index (χ0n) is 29.0. The topological polar surface area (TPSA) is 125 Å². The first-order valence-electron chi connectivity index (χ1n) is 17.6. The maximum atomic E-state index is 15.0. The van der Waals surface area contributed by atoms with Crippen LogP contribution in [0, 0.1) is 18.8 Å². The molecule has 0 saturated carbocycles. The predicted octanol–water partition coefficient (Wildman–Crippen LogP) is 5.84. The molecule has 51 heavy (non-hydrogen) atoms. The summed E-state index contributed by atoms with van der Waals surface area (Å²) in [5.41, 5.74) is 0.775. The van der Waals surface area contributed by atoms with Gasteiger partial charge in [-0.25, -0.2) is 0 Å². The number of carbonyl (C=O) groups excluding carboxylic acids is 4. The number of para-hydroxylation sites is 1. The standard InChI is InChI=1S/C39H47BrClN3O7/c1-4-6-19-30(46)50-24-29(26-16-10-9-11-17-26)42-36(47)31-32-37(48)44(21-12-7-8-13-22-45)35(39(32)23-27(40)34(31)51-39)38(49)43(20-5-2)33-25(3)15-14-18-28(33)41/h4-5,9-11,14-18,27,29,31-32,34-35,45H,1-2,6-8,12-13,19-24H2,3H3,(H,42,47)/t27?,29-,31-,32+,34-,35-,39+/m1/s1. The fraction of sp³-hybridized carbons (Fsp3) is 0.487. The Kier molecular flexibility index (Phi) is 13.2. The smallest absolute Gasteiger partial charge is 0.306 e. The van der Waals surface area contributed by atoms with Crippen LogP contribution in [0.3, 0.4) is 0 Å². The molecule has 10 nitrogen and oxygen atoms in total. The van der Waals surface area contributed by atoms with Crippen molar-refractivity contribution in [2.45, 2.75) is 80.5 Å². The number of halogens is 2. The first kappa shape index (κ1) is 38.7. The lowest BCUT2D eigenvalue weighted by Crippen LogP contribution is -2.57. The van der Waals surface area contributed by atoms with Crippen molar-refractivity contribution in [1.82, 2.24) is 10.2 Å². The molecule has 3 heterocycles. The molecular weight excluding hydrogens is 738 g/mol. The van der Waals surface area contributed by atoms with Gasteiger partial charge in [0.1, 0.15) is 18.2 Å². The minimum Gasteiger partial charge on any atom is -0.463 e. The summed E-state index contributed by atoms with van der Waals surface area (Å²) in [5, 5.41) is 12.8. The minimum atomic E-state index is -1.28. The van der Waals surface area contributed by atoms with Crippen LogP contribution in [-0.2, 0) is 28.7 Å². The lowest BCUT2D eigenvalue weighted by molar-refractivity contribution is -0.145. The molecule has 0 aromatic heterocycles. The average molecular weight is 785 g/mol. The molecule has 1 unspecified atom stereocenters. The molecular formula is C39H47BrClN3O7. The van der Waals surface area contributed by atoms with E-state index in [1.165, 1.54) is 0 Å². The van der Waals surface area contributed by atoms with Gasteiger partial charge < -0.3 is 29.7 Å². The Labute approximate surface area is 313 Å². The van der Waals surface area contributed by atoms with Gasteiger partial charge in [-0.15, -0.1) is 13.2 Å². The zero-order chi connectivity index (χ0) is 36.7. The number of ether oxygens (including phenoxy) is 2. The van der Waals surface area contributed by atoms with Gasteiger partial charge in [0.2, 0.25) is 11.8 Å². The number of amides is 3. The summed E-state index contributed by atoms with van der Waals surface area (Å²) in [5.74, 6) is -3.32. The van der Waals surface area contributed by atoms with E-state index >= 15 is 0 Å². The summed E-state index contributed by atoms with van der Waals surface area (Å²) in [6.07, 6.45) is 6.35. The summed E-state index contributed by atoms with van der Waals surface area (Å²) in [6, 6.07) is 12.9. The number of nitrogens with zero attached hydrogens (tertiary/aromatic N) is 2. The van der Waals surface area contributed by atoms with Gasteiger partial charge >= 0.3 is 5.97 Å². The van der Waals surface area contributed by atoms with Crippen molar-refractivity contribution < 1.29 is 33.8 Å². The van der Waals surface area contributed by atoms with E-state index in [9.17, 15) is 24.3 Å². The van der Waals surface area contributed by atoms with Gasteiger partial charge in [0.25, 0.3) is 5.91 Å². The van der Waals surface area contributed by atoms with Crippen LogP contribution in [0.2, 0.25) is 5.02 Å². The SMILES string of the molecule is C=CCCC(=O)OC[C@@H](NC(=O)[C@H]1[C@@H]2O[C@@]3(CC2Br)[C@@H]1C(=O)N(CCCCCCO)[C@@H]3C(=O)N(CC=C)c1c(C)cccc1Cl)c1ccccc1. The molecule has 12 heteroatoms. The fourth-order valence-electron chi connectivity index (χ4n) is 7.87. The molecule has 2 bridgehead atoms. The number of alkyl halides is 1. The molecule has 7 atom stereocenters. The largest absolute Gasteiger partial charge is 0.463 e. The second-order valence-corrected chi connectivity index (χ2v) is 15.0. The second kappa shape index (κ2) is 17.3. The third-order valence-corrected chi connectivity index (χ3v) is 11.3. The molecule has 3 aliphatic heterocycles. The molecule has 0 aliphatic carbocycles. The predicted molar refractivity (Wildman–Crippen MR) is 199 cm³/mol. The van der Waals surface area contributed by atoms with Gasteiger partial charge in [-0.2, -0.15) is 0 Å². The van der Waals surface area contributed by atoms with Crippen molar-refractivity contribution >= 4 is 56.9 Å². The van der Waals surface area contributed by atoms with Crippen LogP contribution in [0.1, 0.15) is 62.1 Å². The van der Waals surface area contributed by atoms with E-state index in [4.69, 9.17) is 21.1 Å². The number of carbonyl (C=O) groups is 4. The zero-order valence-corrected chi connectivity index (χ0v) is 31.3. The number of aliphatic hydroxyl groups excluding tert-OH is 1. The molecule has 274 valence electrons. The molecule has 3 amide bonds. The Hall–Kier alpha value is -3.51. The monoisotopic (exact) mass is 783 g/mol. The highest BCUT2D eigenvalue weighted by Gasteiger charge is 2.76. The summed E-state index contributed by atoms with van der Waals surface area (Å²) in [6.45, 7) is 9.83. The van der Waals surface area contributed by atoms with E-state index in [0.29, 0.717) is 36.4 Å². The molecule has 0 radical (unpaired) electrons. The molecule has 5 rings (SSSR count). The number of anilines is 1. The van der Waals surface area contributed by atoms with Crippen LogP contribution in [-0.4, -0.2) is 82.6 Å². The normalized spacial score (nSPS) is 25.3.